The first-order chi connectivity index (χ1) is 12.1. The normalized spacial score (nSPS) is 21.3. The zero-order valence-corrected chi connectivity index (χ0v) is 16.4. The molecule has 0 aromatic carbocycles. The number of fused-ring (bicyclic) bond motifs is 2. The van der Waals surface area contributed by atoms with Gasteiger partial charge >= 0.3 is 0 Å². The molecule has 3 heterocycles. The molecule has 2 aliphatic heterocycles. The number of carbonyl (C=O) groups excluding carboxylic acids is 1. The number of ether oxygens (including phenoxy) is 1. The van der Waals surface area contributed by atoms with Gasteiger partial charge < -0.3 is 19.5 Å². The molecule has 1 unspecified atom stereocenters. The summed E-state index contributed by atoms with van der Waals surface area (Å²) in [4.78, 5) is 25.2. The Morgan fingerprint density at radius 2 is 2.20 bits per heavy atom. The summed E-state index contributed by atoms with van der Waals surface area (Å²) in [6.45, 7) is 6.36. The van der Waals surface area contributed by atoms with Gasteiger partial charge in [0.1, 0.15) is 6.61 Å². The Labute approximate surface area is 154 Å². The summed E-state index contributed by atoms with van der Waals surface area (Å²) < 4.78 is 5.13. The van der Waals surface area contributed by atoms with Crippen molar-refractivity contribution in [2.24, 2.45) is 0 Å². The minimum absolute atomic E-state index is 0.0839. The van der Waals surface area contributed by atoms with Crippen molar-refractivity contribution in [1.29, 1.82) is 0 Å². The number of nitrogens with one attached hydrogen (secondary N) is 1. The molecule has 2 aliphatic rings. The second-order valence-electron chi connectivity index (χ2n) is 7.17. The molecule has 0 saturated carbocycles. The lowest BCUT2D eigenvalue weighted by atomic mass is 9.78. The van der Waals surface area contributed by atoms with Gasteiger partial charge in [0.05, 0.1) is 17.6 Å². The van der Waals surface area contributed by atoms with Crippen molar-refractivity contribution in [2.45, 2.75) is 43.4 Å². The molecule has 1 amide bonds. The van der Waals surface area contributed by atoms with E-state index < -0.39 is 0 Å². The number of likely N-dealkylation sites (tertiary alicyclic amines) is 1. The Morgan fingerprint density at radius 3 is 2.88 bits per heavy atom. The summed E-state index contributed by atoms with van der Waals surface area (Å²) in [5.41, 5.74) is 2.02. The lowest BCUT2D eigenvalue weighted by Crippen LogP contribution is -2.59. The first kappa shape index (κ1) is 18.7. The van der Waals surface area contributed by atoms with Crippen LogP contribution in [0.4, 0.5) is 0 Å². The van der Waals surface area contributed by atoms with Crippen LogP contribution in [0.1, 0.15) is 37.6 Å². The number of methoxy groups -OCH3 is 1. The third-order valence-electron chi connectivity index (χ3n) is 5.77. The van der Waals surface area contributed by atoms with Crippen molar-refractivity contribution in [3.63, 3.8) is 0 Å². The highest BCUT2D eigenvalue weighted by Crippen LogP contribution is 2.42. The largest absolute Gasteiger partial charge is 0.375 e. The van der Waals surface area contributed by atoms with E-state index in [1.54, 1.807) is 13.4 Å². The summed E-state index contributed by atoms with van der Waals surface area (Å²) in [6.07, 6.45) is 7.93. The second-order valence-corrected chi connectivity index (χ2v) is 8.44. The monoisotopic (exact) mass is 366 g/mol. The van der Waals surface area contributed by atoms with Crippen LogP contribution in [0.25, 0.3) is 0 Å². The van der Waals surface area contributed by atoms with E-state index in [2.05, 4.69) is 28.0 Å². The zero-order valence-electron chi connectivity index (χ0n) is 15.6. The van der Waals surface area contributed by atoms with Crippen LogP contribution >= 0.6 is 11.8 Å². The first-order valence-electron chi connectivity index (χ1n) is 9.18. The van der Waals surface area contributed by atoms with Crippen LogP contribution in [0.15, 0.2) is 6.33 Å². The van der Waals surface area contributed by atoms with Gasteiger partial charge in [-0.2, -0.15) is 11.8 Å². The third kappa shape index (κ3) is 3.73. The van der Waals surface area contributed by atoms with Crippen molar-refractivity contribution in [3.8, 4) is 0 Å². The Morgan fingerprint density at radius 1 is 1.44 bits per heavy atom. The van der Waals surface area contributed by atoms with Crippen molar-refractivity contribution in [2.75, 3.05) is 46.2 Å². The van der Waals surface area contributed by atoms with Crippen LogP contribution in [0.2, 0.25) is 0 Å². The number of hydrogen-bond donors (Lipinski definition) is 1. The summed E-state index contributed by atoms with van der Waals surface area (Å²) in [7, 11) is 1.59. The highest BCUT2D eigenvalue weighted by atomic mass is 32.2. The van der Waals surface area contributed by atoms with Gasteiger partial charge in [0.2, 0.25) is 5.91 Å². The van der Waals surface area contributed by atoms with Gasteiger partial charge in [0, 0.05) is 44.1 Å². The molecule has 0 bridgehead atoms. The fourth-order valence-corrected chi connectivity index (χ4v) is 4.52. The maximum Gasteiger partial charge on any atom is 0.249 e. The standard InChI is InChI=1S/C18H30N4O2S/c1-14(25-3)4-8-21-10-6-18(7-11-21)17-15(19-13-20-17)5-9-22(18)16(23)12-24-2/h13-14H,4-12H2,1-3H3,(H,19,20). The number of thioether (sulfide) groups is 1. The van der Waals surface area contributed by atoms with Crippen LogP contribution in [0.5, 0.6) is 0 Å². The molecule has 1 aromatic rings. The smallest absolute Gasteiger partial charge is 0.249 e. The summed E-state index contributed by atoms with van der Waals surface area (Å²) in [5, 5.41) is 0.697. The molecule has 1 fully saturated rings. The molecule has 1 spiro atoms. The Hall–Kier alpha value is -1.05. The minimum atomic E-state index is -0.259. The van der Waals surface area contributed by atoms with Gasteiger partial charge in [-0.3, -0.25) is 4.79 Å². The minimum Gasteiger partial charge on any atom is -0.375 e. The molecule has 1 aromatic heterocycles. The number of aromatic amines is 1. The number of hydrogen-bond acceptors (Lipinski definition) is 5. The van der Waals surface area contributed by atoms with Crippen molar-refractivity contribution in [1.82, 2.24) is 19.8 Å². The molecule has 6 nitrogen and oxygen atoms in total. The SMILES string of the molecule is COCC(=O)N1CCc2[nH]cnc2C12CCN(CCC(C)SC)CC2. The third-order valence-corrected chi connectivity index (χ3v) is 6.81. The molecule has 1 N–H and O–H groups in total. The lowest BCUT2D eigenvalue weighted by molar-refractivity contribution is -0.146. The number of amides is 1. The van der Waals surface area contributed by atoms with E-state index in [1.807, 2.05) is 16.7 Å². The average molecular weight is 367 g/mol. The highest BCUT2D eigenvalue weighted by Gasteiger charge is 2.48. The van der Waals surface area contributed by atoms with Crippen LogP contribution in [-0.2, 0) is 21.5 Å². The number of imidazole rings is 1. The number of H-pyrrole nitrogens is 1. The molecule has 7 heteroatoms. The van der Waals surface area contributed by atoms with E-state index in [4.69, 9.17) is 4.74 Å². The second kappa shape index (κ2) is 8.10. The fourth-order valence-electron chi connectivity index (χ4n) is 4.18. The van der Waals surface area contributed by atoms with E-state index in [9.17, 15) is 4.79 Å². The zero-order chi connectivity index (χ0) is 17.9. The van der Waals surface area contributed by atoms with Crippen LogP contribution < -0.4 is 0 Å². The first-order valence-corrected chi connectivity index (χ1v) is 10.5. The van der Waals surface area contributed by atoms with Crippen LogP contribution in [0, 0.1) is 0 Å². The summed E-state index contributed by atoms with van der Waals surface area (Å²) >= 11 is 1.93. The number of aromatic nitrogens is 2. The predicted molar refractivity (Wildman–Crippen MR) is 101 cm³/mol. The van der Waals surface area contributed by atoms with Crippen molar-refractivity contribution >= 4 is 17.7 Å². The van der Waals surface area contributed by atoms with E-state index >= 15 is 0 Å². The van der Waals surface area contributed by atoms with E-state index in [0.717, 1.165) is 51.1 Å². The van der Waals surface area contributed by atoms with Gasteiger partial charge in [0.25, 0.3) is 0 Å². The van der Waals surface area contributed by atoms with Gasteiger partial charge in [-0.25, -0.2) is 4.98 Å². The predicted octanol–water partition coefficient (Wildman–Crippen LogP) is 1.87. The Kier molecular flexibility index (Phi) is 6.07. The maximum absolute atomic E-state index is 12.7. The topological polar surface area (TPSA) is 61.5 Å². The molecule has 140 valence electrons. The van der Waals surface area contributed by atoms with E-state index in [1.165, 1.54) is 12.1 Å². The number of piperidine rings is 1. The summed E-state index contributed by atoms with van der Waals surface area (Å²) in [6, 6.07) is 0. The molecule has 1 saturated heterocycles. The molecular formula is C18H30N4O2S. The Bertz CT molecular complexity index is 583. The van der Waals surface area contributed by atoms with E-state index in [0.29, 0.717) is 5.25 Å². The molecule has 3 rings (SSSR count). The number of nitrogens with zero attached hydrogens (tertiary/aromatic N) is 3. The molecular weight excluding hydrogens is 336 g/mol. The van der Waals surface area contributed by atoms with Gasteiger partial charge in [-0.05, 0) is 32.1 Å². The summed E-state index contributed by atoms with van der Waals surface area (Å²) in [5.74, 6) is 0.0839. The molecule has 1 atom stereocenters. The number of rotatable bonds is 6. The van der Waals surface area contributed by atoms with Crippen LogP contribution in [-0.4, -0.2) is 77.1 Å². The van der Waals surface area contributed by atoms with Gasteiger partial charge in [0.15, 0.2) is 0 Å². The average Bonchev–Trinajstić information content (AvgIpc) is 3.11. The van der Waals surface area contributed by atoms with Crippen molar-refractivity contribution in [3.05, 3.63) is 17.7 Å². The van der Waals surface area contributed by atoms with E-state index in [-0.39, 0.29) is 18.1 Å². The fraction of sp³-hybridized carbons (Fsp3) is 0.778. The van der Waals surface area contributed by atoms with Crippen LogP contribution in [0.3, 0.4) is 0 Å². The Balaban J connectivity index is 1.74. The quantitative estimate of drug-likeness (QED) is 0.833. The lowest BCUT2D eigenvalue weighted by Gasteiger charge is -2.50. The molecule has 25 heavy (non-hydrogen) atoms. The van der Waals surface area contributed by atoms with Gasteiger partial charge in [-0.15, -0.1) is 0 Å². The van der Waals surface area contributed by atoms with Gasteiger partial charge in [-0.1, -0.05) is 6.92 Å². The highest BCUT2D eigenvalue weighted by molar-refractivity contribution is 7.99. The molecule has 0 radical (unpaired) electrons. The number of carbonyl (C=O) groups is 1. The van der Waals surface area contributed by atoms with Crippen molar-refractivity contribution < 1.29 is 9.53 Å². The maximum atomic E-state index is 12.7. The molecule has 0 aliphatic carbocycles.